The van der Waals surface area contributed by atoms with Crippen LogP contribution in [0.15, 0.2) is 28.7 Å². The van der Waals surface area contributed by atoms with Crippen molar-refractivity contribution in [3.8, 4) is 0 Å². The van der Waals surface area contributed by atoms with Crippen molar-refractivity contribution in [3.05, 3.63) is 45.9 Å². The van der Waals surface area contributed by atoms with Crippen LogP contribution in [0.3, 0.4) is 0 Å². The minimum atomic E-state index is -4.39. The van der Waals surface area contributed by atoms with E-state index in [0.717, 1.165) is 0 Å². The van der Waals surface area contributed by atoms with Crippen molar-refractivity contribution >= 4 is 27.3 Å². The zero-order chi connectivity index (χ0) is 15.6. The number of carboxylic acids is 1. The van der Waals surface area contributed by atoms with E-state index in [2.05, 4.69) is 9.71 Å². The van der Waals surface area contributed by atoms with E-state index in [1.165, 1.54) is 23.0 Å². The molecule has 0 aliphatic carbocycles. The summed E-state index contributed by atoms with van der Waals surface area (Å²) < 4.78 is 52.9. The molecule has 0 unspecified atom stereocenters. The maximum Gasteiger partial charge on any atom is 0.335 e. The molecule has 2 N–H and O–H groups in total. The van der Waals surface area contributed by atoms with E-state index in [-0.39, 0.29) is 6.54 Å². The zero-order valence-electron chi connectivity index (χ0n) is 10.2. The van der Waals surface area contributed by atoms with Gasteiger partial charge in [-0.05, 0) is 12.1 Å². The number of aromatic nitrogens is 1. The predicted octanol–water partition coefficient (Wildman–Crippen LogP) is 1.60. The molecule has 0 aliphatic rings. The molecule has 0 fully saturated rings. The van der Waals surface area contributed by atoms with Gasteiger partial charge < -0.3 is 5.11 Å². The monoisotopic (exact) mass is 334 g/mol. The maximum atomic E-state index is 13.6. The maximum absolute atomic E-state index is 13.6. The summed E-state index contributed by atoms with van der Waals surface area (Å²) in [6.45, 7) is -0.161. The van der Waals surface area contributed by atoms with Crippen LogP contribution in [0.2, 0.25) is 0 Å². The van der Waals surface area contributed by atoms with Crippen molar-refractivity contribution < 1.29 is 27.1 Å². The fourth-order valence-electron chi connectivity index (χ4n) is 1.46. The van der Waals surface area contributed by atoms with Gasteiger partial charge in [0.25, 0.3) is 0 Å². The summed E-state index contributed by atoms with van der Waals surface area (Å²) >= 11 is 1.17. The number of rotatable bonds is 5. The van der Waals surface area contributed by atoms with Crippen molar-refractivity contribution in [1.29, 1.82) is 0 Å². The summed E-state index contributed by atoms with van der Waals surface area (Å²) in [6, 6.07) is 0.982. The highest BCUT2D eigenvalue weighted by Gasteiger charge is 2.24. The fourth-order valence-corrected chi connectivity index (χ4v) is 3.20. The van der Waals surface area contributed by atoms with E-state index in [4.69, 9.17) is 5.11 Å². The Bertz CT molecular complexity index is 776. The van der Waals surface area contributed by atoms with Crippen LogP contribution in [0.4, 0.5) is 8.78 Å². The Balaban J connectivity index is 2.37. The van der Waals surface area contributed by atoms with Crippen molar-refractivity contribution in [2.75, 3.05) is 0 Å². The lowest BCUT2D eigenvalue weighted by atomic mass is 10.2. The van der Waals surface area contributed by atoms with Gasteiger partial charge in [0, 0.05) is 17.6 Å². The molecule has 10 heteroatoms. The number of nitrogens with one attached hydrogen (secondary N) is 1. The number of carbonyl (C=O) groups is 1. The third kappa shape index (κ3) is 3.40. The second-order valence-electron chi connectivity index (χ2n) is 3.87. The van der Waals surface area contributed by atoms with Crippen LogP contribution in [0.25, 0.3) is 0 Å². The van der Waals surface area contributed by atoms with Crippen LogP contribution in [-0.4, -0.2) is 24.5 Å². The molecular formula is C11H8F2N2O4S2. The minimum absolute atomic E-state index is 0.161. The van der Waals surface area contributed by atoms with E-state index < -0.39 is 38.1 Å². The Morgan fingerprint density at radius 3 is 2.67 bits per heavy atom. The van der Waals surface area contributed by atoms with E-state index in [1.54, 1.807) is 0 Å². The molecule has 6 nitrogen and oxygen atoms in total. The zero-order valence-corrected chi connectivity index (χ0v) is 11.8. The molecule has 0 saturated heterocycles. The molecule has 0 bridgehead atoms. The number of thiazole rings is 1. The van der Waals surface area contributed by atoms with Gasteiger partial charge in [-0.15, -0.1) is 11.3 Å². The Morgan fingerprint density at radius 2 is 2.10 bits per heavy atom. The Morgan fingerprint density at radius 1 is 1.38 bits per heavy atom. The Labute approximate surface area is 122 Å². The van der Waals surface area contributed by atoms with Crippen molar-refractivity contribution in [1.82, 2.24) is 9.71 Å². The van der Waals surface area contributed by atoms with Crippen LogP contribution in [0.5, 0.6) is 0 Å². The molecule has 0 saturated carbocycles. The summed E-state index contributed by atoms with van der Waals surface area (Å²) in [5.74, 6) is -4.74. The van der Waals surface area contributed by atoms with E-state index in [9.17, 15) is 22.0 Å². The van der Waals surface area contributed by atoms with Gasteiger partial charge in [0.1, 0.15) is 4.90 Å². The molecule has 1 aromatic carbocycles. The molecule has 112 valence electrons. The first-order chi connectivity index (χ1) is 9.81. The van der Waals surface area contributed by atoms with E-state index >= 15 is 0 Å². The number of nitrogens with zero attached hydrogens (tertiary/aromatic N) is 1. The number of halogens is 2. The molecule has 21 heavy (non-hydrogen) atoms. The normalized spacial score (nSPS) is 11.5. The number of aromatic carboxylic acids is 1. The third-order valence-electron chi connectivity index (χ3n) is 2.45. The molecule has 2 aromatic rings. The van der Waals surface area contributed by atoms with Gasteiger partial charge >= 0.3 is 5.97 Å². The Hall–Kier alpha value is -1.91. The number of sulfonamides is 1. The van der Waals surface area contributed by atoms with Crippen LogP contribution in [-0.2, 0) is 16.6 Å². The van der Waals surface area contributed by atoms with Gasteiger partial charge in [-0.1, -0.05) is 0 Å². The summed E-state index contributed by atoms with van der Waals surface area (Å²) in [7, 11) is -4.39. The molecule has 2 rings (SSSR count). The predicted molar refractivity (Wildman–Crippen MR) is 69.5 cm³/mol. The lowest BCUT2D eigenvalue weighted by Gasteiger charge is -2.08. The summed E-state index contributed by atoms with van der Waals surface area (Å²) in [6.07, 6.45) is 1.41. The number of carboxylic acid groups (broad SMARTS) is 1. The van der Waals surface area contributed by atoms with Gasteiger partial charge in [0.15, 0.2) is 11.6 Å². The van der Waals surface area contributed by atoms with Gasteiger partial charge in [-0.2, -0.15) is 0 Å². The molecule has 0 radical (unpaired) electrons. The largest absolute Gasteiger partial charge is 0.478 e. The standard InChI is InChI=1S/C11H8F2N2O4S2/c12-8-1-6(11(16)17)2-9(10(8)13)21(18,19)15-4-7-3-14-5-20-7/h1-3,5,15H,4H2,(H,16,17). The van der Waals surface area contributed by atoms with Gasteiger partial charge in [-0.25, -0.2) is 26.7 Å². The summed E-state index contributed by atoms with van der Waals surface area (Å²) in [5.41, 5.74) is 0.821. The molecule has 0 amide bonds. The van der Waals surface area contributed by atoms with Gasteiger partial charge in [-0.3, -0.25) is 4.98 Å². The van der Waals surface area contributed by atoms with Crippen molar-refractivity contribution in [2.24, 2.45) is 0 Å². The lowest BCUT2D eigenvalue weighted by molar-refractivity contribution is 0.0696. The molecule has 1 heterocycles. The highest BCUT2D eigenvalue weighted by molar-refractivity contribution is 7.89. The van der Waals surface area contributed by atoms with Crippen LogP contribution in [0.1, 0.15) is 15.2 Å². The molecule has 0 spiro atoms. The number of hydrogen-bond donors (Lipinski definition) is 2. The fraction of sp³-hybridized carbons (Fsp3) is 0.0909. The highest BCUT2D eigenvalue weighted by atomic mass is 32.2. The quantitative estimate of drug-likeness (QED) is 0.866. The summed E-state index contributed by atoms with van der Waals surface area (Å²) in [4.78, 5) is 14.0. The molecular weight excluding hydrogens is 326 g/mol. The Kier molecular flexibility index (Phi) is 4.30. The van der Waals surface area contributed by atoms with Crippen molar-refractivity contribution in [2.45, 2.75) is 11.4 Å². The first-order valence-electron chi connectivity index (χ1n) is 5.40. The van der Waals surface area contributed by atoms with E-state index in [0.29, 0.717) is 17.0 Å². The number of benzene rings is 1. The lowest BCUT2D eigenvalue weighted by Crippen LogP contribution is -2.24. The van der Waals surface area contributed by atoms with Crippen LogP contribution >= 0.6 is 11.3 Å². The second-order valence-corrected chi connectivity index (χ2v) is 6.57. The number of hydrogen-bond acceptors (Lipinski definition) is 5. The van der Waals surface area contributed by atoms with Crippen LogP contribution < -0.4 is 4.72 Å². The molecule has 0 aliphatic heterocycles. The minimum Gasteiger partial charge on any atom is -0.478 e. The molecule has 1 aromatic heterocycles. The van der Waals surface area contributed by atoms with Crippen molar-refractivity contribution in [3.63, 3.8) is 0 Å². The SMILES string of the molecule is O=C(O)c1cc(F)c(F)c(S(=O)(=O)NCc2cncs2)c1. The average molecular weight is 334 g/mol. The van der Waals surface area contributed by atoms with Crippen LogP contribution in [0, 0.1) is 11.6 Å². The second kappa shape index (κ2) is 5.84. The third-order valence-corrected chi connectivity index (χ3v) is 4.63. The first-order valence-corrected chi connectivity index (χ1v) is 7.77. The first kappa shape index (κ1) is 15.5. The molecule has 0 atom stereocenters. The smallest absolute Gasteiger partial charge is 0.335 e. The average Bonchev–Trinajstić information content (AvgIpc) is 2.92. The highest BCUT2D eigenvalue weighted by Crippen LogP contribution is 2.20. The van der Waals surface area contributed by atoms with Gasteiger partial charge in [0.2, 0.25) is 10.0 Å². The van der Waals surface area contributed by atoms with E-state index in [1.807, 2.05) is 0 Å². The topological polar surface area (TPSA) is 96.4 Å². The van der Waals surface area contributed by atoms with Gasteiger partial charge in [0.05, 0.1) is 11.1 Å². The summed E-state index contributed by atoms with van der Waals surface area (Å²) in [5, 5.41) is 8.76.